The number of nitrogens with zero attached hydrogens (tertiary/aromatic N) is 1. The Hall–Kier alpha value is -1.35. The Balaban J connectivity index is 1.88. The first-order chi connectivity index (χ1) is 9.08. The van der Waals surface area contributed by atoms with Crippen LogP contribution in [0.3, 0.4) is 0 Å². The van der Waals surface area contributed by atoms with Crippen LogP contribution in [0, 0.1) is 13.8 Å². The van der Waals surface area contributed by atoms with E-state index < -0.39 is 0 Å². The summed E-state index contributed by atoms with van der Waals surface area (Å²) < 4.78 is 0. The van der Waals surface area contributed by atoms with Gasteiger partial charge in [0.25, 0.3) is 0 Å². The number of carbonyl (C=O) groups is 1. The molecular formula is C16H24N2O. The van der Waals surface area contributed by atoms with Gasteiger partial charge in [0.15, 0.2) is 0 Å². The van der Waals surface area contributed by atoms with Gasteiger partial charge in [0.2, 0.25) is 5.91 Å². The highest BCUT2D eigenvalue weighted by Crippen LogP contribution is 2.16. The standard InChI is InChI=1S/C16H24N2O/c1-12-6-7-15(10-13(12)2)14(3)17-11-16(19)18-8-4-5-9-18/h6-7,10,14,17H,4-5,8-9,11H2,1-3H3. The maximum atomic E-state index is 12.0. The quantitative estimate of drug-likeness (QED) is 0.902. The van der Waals surface area contributed by atoms with Gasteiger partial charge in [-0.3, -0.25) is 4.79 Å². The molecule has 1 unspecified atom stereocenters. The third-order valence-electron chi connectivity index (χ3n) is 4.05. The number of aryl methyl sites for hydroxylation is 2. The summed E-state index contributed by atoms with van der Waals surface area (Å²) in [5.74, 6) is 0.230. The van der Waals surface area contributed by atoms with Gasteiger partial charge in [-0.25, -0.2) is 0 Å². The lowest BCUT2D eigenvalue weighted by atomic mass is 10.0. The monoisotopic (exact) mass is 260 g/mol. The van der Waals surface area contributed by atoms with Crippen LogP contribution >= 0.6 is 0 Å². The number of nitrogens with one attached hydrogen (secondary N) is 1. The van der Waals surface area contributed by atoms with Gasteiger partial charge < -0.3 is 10.2 Å². The molecule has 0 aliphatic carbocycles. The fourth-order valence-electron chi connectivity index (χ4n) is 2.47. The number of benzene rings is 1. The maximum absolute atomic E-state index is 12.0. The molecule has 1 aromatic rings. The summed E-state index contributed by atoms with van der Waals surface area (Å²) in [7, 11) is 0. The van der Waals surface area contributed by atoms with E-state index in [0.717, 1.165) is 25.9 Å². The average Bonchev–Trinajstić information content (AvgIpc) is 2.92. The van der Waals surface area contributed by atoms with Crippen LogP contribution < -0.4 is 5.32 Å². The van der Waals surface area contributed by atoms with Gasteiger partial charge in [-0.1, -0.05) is 18.2 Å². The van der Waals surface area contributed by atoms with Gasteiger partial charge in [-0.2, -0.15) is 0 Å². The molecule has 19 heavy (non-hydrogen) atoms. The van der Waals surface area contributed by atoms with Crippen molar-refractivity contribution in [2.45, 2.75) is 39.7 Å². The lowest BCUT2D eigenvalue weighted by Gasteiger charge is -2.19. The Bertz CT molecular complexity index is 450. The fourth-order valence-corrected chi connectivity index (χ4v) is 2.47. The van der Waals surface area contributed by atoms with Crippen LogP contribution in [0.5, 0.6) is 0 Å². The van der Waals surface area contributed by atoms with E-state index in [1.807, 2.05) is 4.90 Å². The molecular weight excluding hydrogens is 236 g/mol. The molecule has 2 rings (SSSR count). The molecule has 3 nitrogen and oxygen atoms in total. The zero-order valence-corrected chi connectivity index (χ0v) is 12.2. The predicted octanol–water partition coefficient (Wildman–Crippen LogP) is 2.58. The Kier molecular flexibility index (Phi) is 4.59. The van der Waals surface area contributed by atoms with Crippen molar-refractivity contribution in [1.82, 2.24) is 10.2 Å². The van der Waals surface area contributed by atoms with E-state index in [2.05, 4.69) is 44.3 Å². The van der Waals surface area contributed by atoms with E-state index in [0.29, 0.717) is 6.54 Å². The minimum absolute atomic E-state index is 0.214. The van der Waals surface area contributed by atoms with Crippen molar-refractivity contribution in [3.8, 4) is 0 Å². The Labute approximate surface area is 116 Å². The first-order valence-corrected chi connectivity index (χ1v) is 7.16. The zero-order chi connectivity index (χ0) is 13.8. The van der Waals surface area contributed by atoms with E-state index in [4.69, 9.17) is 0 Å². The van der Waals surface area contributed by atoms with Gasteiger partial charge in [-0.15, -0.1) is 0 Å². The highest BCUT2D eigenvalue weighted by atomic mass is 16.2. The molecule has 1 fully saturated rings. The highest BCUT2D eigenvalue weighted by Gasteiger charge is 2.18. The van der Waals surface area contributed by atoms with Crippen LogP contribution in [0.1, 0.15) is 42.5 Å². The molecule has 0 aromatic heterocycles. The number of likely N-dealkylation sites (tertiary alicyclic amines) is 1. The van der Waals surface area contributed by atoms with E-state index >= 15 is 0 Å². The number of hydrogen-bond donors (Lipinski definition) is 1. The van der Waals surface area contributed by atoms with E-state index in [1.165, 1.54) is 16.7 Å². The van der Waals surface area contributed by atoms with Crippen molar-refractivity contribution in [2.24, 2.45) is 0 Å². The molecule has 104 valence electrons. The van der Waals surface area contributed by atoms with Crippen molar-refractivity contribution >= 4 is 5.91 Å². The number of rotatable bonds is 4. The second kappa shape index (κ2) is 6.20. The SMILES string of the molecule is Cc1ccc(C(C)NCC(=O)N2CCCC2)cc1C. The minimum Gasteiger partial charge on any atom is -0.342 e. The maximum Gasteiger partial charge on any atom is 0.236 e. The van der Waals surface area contributed by atoms with E-state index in [1.54, 1.807) is 0 Å². The molecule has 1 aromatic carbocycles. The second-order valence-electron chi connectivity index (χ2n) is 5.53. The van der Waals surface area contributed by atoms with E-state index in [9.17, 15) is 4.79 Å². The molecule has 3 heteroatoms. The van der Waals surface area contributed by atoms with Crippen LogP contribution in [-0.4, -0.2) is 30.4 Å². The number of carbonyl (C=O) groups excluding carboxylic acids is 1. The van der Waals surface area contributed by atoms with Crippen molar-refractivity contribution < 1.29 is 4.79 Å². The molecule has 1 atom stereocenters. The average molecular weight is 260 g/mol. The van der Waals surface area contributed by atoms with Gasteiger partial charge in [0, 0.05) is 19.1 Å². The normalized spacial score (nSPS) is 16.7. The Morgan fingerprint density at radius 1 is 1.26 bits per heavy atom. The predicted molar refractivity (Wildman–Crippen MR) is 78.1 cm³/mol. The van der Waals surface area contributed by atoms with Gasteiger partial charge in [0.1, 0.15) is 0 Å². The number of amides is 1. The summed E-state index contributed by atoms with van der Waals surface area (Å²) in [5, 5.41) is 3.33. The molecule has 1 heterocycles. The van der Waals surface area contributed by atoms with Crippen LogP contribution in [-0.2, 0) is 4.79 Å². The van der Waals surface area contributed by atoms with Crippen LogP contribution in [0.25, 0.3) is 0 Å². The summed E-state index contributed by atoms with van der Waals surface area (Å²) in [6.07, 6.45) is 2.30. The highest BCUT2D eigenvalue weighted by molar-refractivity contribution is 5.78. The van der Waals surface area contributed by atoms with Gasteiger partial charge >= 0.3 is 0 Å². The van der Waals surface area contributed by atoms with Crippen molar-refractivity contribution in [3.63, 3.8) is 0 Å². The molecule has 1 amide bonds. The topological polar surface area (TPSA) is 32.3 Å². The lowest BCUT2D eigenvalue weighted by Crippen LogP contribution is -2.37. The van der Waals surface area contributed by atoms with Gasteiger partial charge in [-0.05, 0) is 50.3 Å². The summed E-state index contributed by atoms with van der Waals surface area (Å²) in [6, 6.07) is 6.70. The van der Waals surface area contributed by atoms with Crippen LogP contribution in [0.15, 0.2) is 18.2 Å². The zero-order valence-electron chi connectivity index (χ0n) is 12.2. The van der Waals surface area contributed by atoms with Crippen LogP contribution in [0.4, 0.5) is 0 Å². The third-order valence-corrected chi connectivity index (χ3v) is 4.05. The molecule has 1 aliphatic rings. The molecule has 0 bridgehead atoms. The minimum atomic E-state index is 0.214. The molecule has 0 spiro atoms. The van der Waals surface area contributed by atoms with Gasteiger partial charge in [0.05, 0.1) is 6.54 Å². The Morgan fingerprint density at radius 3 is 2.58 bits per heavy atom. The van der Waals surface area contributed by atoms with Crippen LogP contribution in [0.2, 0.25) is 0 Å². The number of hydrogen-bond acceptors (Lipinski definition) is 2. The van der Waals surface area contributed by atoms with E-state index in [-0.39, 0.29) is 11.9 Å². The summed E-state index contributed by atoms with van der Waals surface area (Å²) in [6.45, 7) is 8.65. The first-order valence-electron chi connectivity index (χ1n) is 7.16. The van der Waals surface area contributed by atoms with Crippen molar-refractivity contribution in [1.29, 1.82) is 0 Å². The third kappa shape index (κ3) is 3.57. The Morgan fingerprint density at radius 2 is 1.95 bits per heavy atom. The second-order valence-corrected chi connectivity index (χ2v) is 5.53. The lowest BCUT2D eigenvalue weighted by molar-refractivity contribution is -0.129. The summed E-state index contributed by atoms with van der Waals surface area (Å²) >= 11 is 0. The molecule has 1 saturated heterocycles. The molecule has 0 saturated carbocycles. The smallest absolute Gasteiger partial charge is 0.236 e. The molecule has 1 aliphatic heterocycles. The fraction of sp³-hybridized carbons (Fsp3) is 0.562. The molecule has 1 N–H and O–H groups in total. The summed E-state index contributed by atoms with van der Waals surface area (Å²) in [5.41, 5.74) is 3.86. The largest absolute Gasteiger partial charge is 0.342 e. The first kappa shape index (κ1) is 14.1. The summed E-state index contributed by atoms with van der Waals surface area (Å²) in [4.78, 5) is 13.9. The van der Waals surface area contributed by atoms with Crippen molar-refractivity contribution in [2.75, 3.05) is 19.6 Å². The van der Waals surface area contributed by atoms with Crippen molar-refractivity contribution in [3.05, 3.63) is 34.9 Å². The molecule has 0 radical (unpaired) electrons.